The van der Waals surface area contributed by atoms with Crippen LogP contribution in [0, 0.1) is 11.8 Å². The lowest BCUT2D eigenvalue weighted by molar-refractivity contribution is 0.257. The van der Waals surface area contributed by atoms with Gasteiger partial charge < -0.3 is 9.84 Å². The second-order valence-electron chi connectivity index (χ2n) is 5.28. The molecular weight excluding hydrogens is 258 g/mol. The average Bonchev–Trinajstić information content (AvgIpc) is 3.10. The number of piperidine rings is 1. The molecule has 4 nitrogen and oxygen atoms in total. The first kappa shape index (κ1) is 12.8. The van der Waals surface area contributed by atoms with Crippen molar-refractivity contribution in [2.24, 2.45) is 11.8 Å². The summed E-state index contributed by atoms with van der Waals surface area (Å²) >= 11 is 1.64. The van der Waals surface area contributed by atoms with Gasteiger partial charge in [-0.2, -0.15) is 4.98 Å². The maximum absolute atomic E-state index is 5.38. The molecule has 2 atom stereocenters. The molecule has 0 spiro atoms. The van der Waals surface area contributed by atoms with Crippen LogP contribution in [0.1, 0.15) is 25.7 Å². The molecule has 0 bridgehead atoms. The molecule has 102 valence electrons. The number of thiophene rings is 1. The smallest absolute Gasteiger partial charge is 0.227 e. The fraction of sp³-hybridized carbons (Fsp3) is 0.571. The van der Waals surface area contributed by atoms with E-state index in [1.807, 2.05) is 17.5 Å². The Hall–Kier alpha value is -1.20. The fourth-order valence-corrected chi connectivity index (χ4v) is 3.30. The molecule has 1 N–H and O–H groups in total. The van der Waals surface area contributed by atoms with E-state index in [-0.39, 0.29) is 0 Å². The van der Waals surface area contributed by atoms with Crippen LogP contribution >= 0.6 is 11.3 Å². The van der Waals surface area contributed by atoms with Crippen molar-refractivity contribution in [2.75, 3.05) is 13.1 Å². The van der Waals surface area contributed by atoms with E-state index in [1.165, 1.54) is 12.8 Å². The minimum absolute atomic E-state index is 0.587. The molecule has 19 heavy (non-hydrogen) atoms. The molecule has 3 heterocycles. The van der Waals surface area contributed by atoms with Crippen LogP contribution in [-0.4, -0.2) is 23.2 Å². The molecule has 1 fully saturated rings. The summed E-state index contributed by atoms with van der Waals surface area (Å²) in [6.45, 7) is 4.56. The monoisotopic (exact) mass is 277 g/mol. The van der Waals surface area contributed by atoms with Gasteiger partial charge >= 0.3 is 0 Å². The molecule has 1 aliphatic rings. The summed E-state index contributed by atoms with van der Waals surface area (Å²) in [5.74, 6) is 2.80. The Morgan fingerprint density at radius 3 is 3.26 bits per heavy atom. The molecule has 0 amide bonds. The molecule has 1 saturated heterocycles. The summed E-state index contributed by atoms with van der Waals surface area (Å²) in [5.41, 5.74) is 0. The maximum atomic E-state index is 5.38. The lowest BCUT2D eigenvalue weighted by atomic mass is 9.85. The SMILES string of the molecule is CC(Cc1nc(-c2cccs2)no1)C1CCCNC1. The molecule has 2 aromatic rings. The Morgan fingerprint density at radius 2 is 2.53 bits per heavy atom. The van der Waals surface area contributed by atoms with E-state index in [2.05, 4.69) is 22.4 Å². The molecule has 0 radical (unpaired) electrons. The molecule has 5 heteroatoms. The van der Waals surface area contributed by atoms with Crippen molar-refractivity contribution < 1.29 is 4.52 Å². The number of nitrogens with one attached hydrogen (secondary N) is 1. The first-order chi connectivity index (χ1) is 9.33. The van der Waals surface area contributed by atoms with Crippen LogP contribution in [-0.2, 0) is 6.42 Å². The zero-order valence-corrected chi connectivity index (χ0v) is 11.9. The topological polar surface area (TPSA) is 51.0 Å². The van der Waals surface area contributed by atoms with Gasteiger partial charge in [0.25, 0.3) is 0 Å². The van der Waals surface area contributed by atoms with Gasteiger partial charge in [-0.05, 0) is 49.2 Å². The van der Waals surface area contributed by atoms with Crippen molar-refractivity contribution in [3.8, 4) is 10.7 Å². The molecule has 0 saturated carbocycles. The second kappa shape index (κ2) is 5.84. The van der Waals surface area contributed by atoms with Crippen molar-refractivity contribution >= 4 is 11.3 Å². The average molecular weight is 277 g/mol. The van der Waals surface area contributed by atoms with Gasteiger partial charge in [0.15, 0.2) is 0 Å². The van der Waals surface area contributed by atoms with Gasteiger partial charge in [0.2, 0.25) is 11.7 Å². The van der Waals surface area contributed by atoms with Crippen molar-refractivity contribution in [2.45, 2.75) is 26.2 Å². The molecule has 3 rings (SSSR count). The van der Waals surface area contributed by atoms with E-state index >= 15 is 0 Å². The Bertz CT molecular complexity index is 503. The van der Waals surface area contributed by atoms with E-state index in [1.54, 1.807) is 11.3 Å². The Balaban J connectivity index is 1.63. The Kier molecular flexibility index (Phi) is 3.94. The van der Waals surface area contributed by atoms with Gasteiger partial charge in [0, 0.05) is 6.42 Å². The van der Waals surface area contributed by atoms with Crippen molar-refractivity contribution in [1.29, 1.82) is 0 Å². The third-order valence-corrected chi connectivity index (χ3v) is 4.71. The lowest BCUT2D eigenvalue weighted by Crippen LogP contribution is -2.33. The highest BCUT2D eigenvalue weighted by molar-refractivity contribution is 7.13. The number of nitrogens with zero attached hydrogens (tertiary/aromatic N) is 2. The summed E-state index contributed by atoms with van der Waals surface area (Å²) in [6, 6.07) is 4.03. The quantitative estimate of drug-likeness (QED) is 0.933. The zero-order chi connectivity index (χ0) is 13.1. The van der Waals surface area contributed by atoms with Crippen LogP contribution in [0.15, 0.2) is 22.0 Å². The number of hydrogen-bond acceptors (Lipinski definition) is 5. The summed E-state index contributed by atoms with van der Waals surface area (Å²) in [4.78, 5) is 5.57. The standard InChI is InChI=1S/C14H19N3OS/c1-10(11-4-2-6-15-9-11)8-13-16-14(17-18-13)12-5-3-7-19-12/h3,5,7,10-11,15H,2,4,6,8-9H2,1H3. The van der Waals surface area contributed by atoms with E-state index in [0.29, 0.717) is 5.92 Å². The summed E-state index contributed by atoms with van der Waals surface area (Å²) in [6.07, 6.45) is 3.46. The summed E-state index contributed by atoms with van der Waals surface area (Å²) < 4.78 is 5.38. The van der Waals surface area contributed by atoms with Crippen molar-refractivity contribution in [3.63, 3.8) is 0 Å². The van der Waals surface area contributed by atoms with Crippen LogP contribution in [0.3, 0.4) is 0 Å². The summed E-state index contributed by atoms with van der Waals surface area (Å²) in [7, 11) is 0. The first-order valence-corrected chi connectivity index (χ1v) is 7.78. The largest absolute Gasteiger partial charge is 0.339 e. The van der Waals surface area contributed by atoms with Crippen LogP contribution in [0.25, 0.3) is 10.7 Å². The third kappa shape index (κ3) is 3.04. The van der Waals surface area contributed by atoms with E-state index < -0.39 is 0 Å². The minimum Gasteiger partial charge on any atom is -0.339 e. The molecule has 1 aliphatic heterocycles. The molecule has 0 aromatic carbocycles. The van der Waals surface area contributed by atoms with Gasteiger partial charge in [-0.15, -0.1) is 11.3 Å². The highest BCUT2D eigenvalue weighted by atomic mass is 32.1. The molecular formula is C14H19N3OS. The third-order valence-electron chi connectivity index (χ3n) is 3.85. The molecule has 2 unspecified atom stereocenters. The lowest BCUT2D eigenvalue weighted by Gasteiger charge is -2.27. The predicted molar refractivity (Wildman–Crippen MR) is 76.1 cm³/mol. The Labute approximate surface area is 117 Å². The molecule has 0 aliphatic carbocycles. The number of hydrogen-bond donors (Lipinski definition) is 1. The van der Waals surface area contributed by atoms with E-state index in [4.69, 9.17) is 4.52 Å². The normalized spacial score (nSPS) is 21.4. The fourth-order valence-electron chi connectivity index (χ4n) is 2.65. The highest BCUT2D eigenvalue weighted by Gasteiger charge is 2.22. The van der Waals surface area contributed by atoms with Gasteiger partial charge in [0.1, 0.15) is 0 Å². The number of rotatable bonds is 4. The van der Waals surface area contributed by atoms with Crippen molar-refractivity contribution in [1.82, 2.24) is 15.5 Å². The van der Waals surface area contributed by atoms with E-state index in [0.717, 1.165) is 42.0 Å². The van der Waals surface area contributed by atoms with Crippen LogP contribution < -0.4 is 5.32 Å². The minimum atomic E-state index is 0.587. The first-order valence-electron chi connectivity index (χ1n) is 6.90. The zero-order valence-electron chi connectivity index (χ0n) is 11.1. The van der Waals surface area contributed by atoms with E-state index in [9.17, 15) is 0 Å². The predicted octanol–water partition coefficient (Wildman–Crippen LogP) is 2.98. The van der Waals surface area contributed by atoms with Crippen LogP contribution in [0.5, 0.6) is 0 Å². The molecule has 2 aromatic heterocycles. The van der Waals surface area contributed by atoms with Gasteiger partial charge in [-0.25, -0.2) is 0 Å². The highest BCUT2D eigenvalue weighted by Crippen LogP contribution is 2.25. The number of aromatic nitrogens is 2. The van der Waals surface area contributed by atoms with Gasteiger partial charge in [-0.3, -0.25) is 0 Å². The summed E-state index contributed by atoms with van der Waals surface area (Å²) in [5, 5.41) is 9.56. The second-order valence-corrected chi connectivity index (χ2v) is 6.22. The van der Waals surface area contributed by atoms with Crippen LogP contribution in [0.2, 0.25) is 0 Å². The maximum Gasteiger partial charge on any atom is 0.227 e. The van der Waals surface area contributed by atoms with Gasteiger partial charge in [-0.1, -0.05) is 18.1 Å². The Morgan fingerprint density at radius 1 is 1.58 bits per heavy atom. The van der Waals surface area contributed by atoms with Gasteiger partial charge in [0.05, 0.1) is 4.88 Å². The van der Waals surface area contributed by atoms with Crippen LogP contribution in [0.4, 0.5) is 0 Å². The van der Waals surface area contributed by atoms with Crippen molar-refractivity contribution in [3.05, 3.63) is 23.4 Å².